The van der Waals surface area contributed by atoms with Crippen LogP contribution < -0.4 is 5.32 Å². The first-order valence-electron chi connectivity index (χ1n) is 6.43. The number of hydrogen-bond acceptors (Lipinski definition) is 3. The lowest BCUT2D eigenvalue weighted by atomic mass is 9.64. The van der Waals surface area contributed by atoms with Crippen molar-refractivity contribution in [3.8, 4) is 6.07 Å². The van der Waals surface area contributed by atoms with Crippen molar-refractivity contribution in [3.05, 3.63) is 35.1 Å². The quantitative estimate of drug-likeness (QED) is 0.907. The normalized spacial score (nSPS) is 24.6. The average Bonchev–Trinajstić information content (AvgIpc) is 2.38. The van der Waals surface area contributed by atoms with E-state index in [9.17, 15) is 4.39 Å². The fraction of sp³-hybridized carbons (Fsp3) is 0.533. The molecule has 2 rings (SSSR count). The number of nitrogens with zero attached hydrogens (tertiary/aromatic N) is 1. The van der Waals surface area contributed by atoms with Crippen molar-refractivity contribution < 1.29 is 9.13 Å². The number of halogens is 1. The zero-order valence-corrected chi connectivity index (χ0v) is 11.5. The van der Waals surface area contributed by atoms with E-state index in [1.54, 1.807) is 7.11 Å². The van der Waals surface area contributed by atoms with Gasteiger partial charge in [-0.15, -0.1) is 0 Å². The Morgan fingerprint density at radius 1 is 1.53 bits per heavy atom. The molecule has 1 saturated carbocycles. The minimum absolute atomic E-state index is 0.0644. The standard InChI is InChI=1S/C15H19FN2O/c1-15(2)13(7-14(15)19-3)18-9-11-6-12(16)5-4-10(11)8-17/h4-6,13-14,18H,7,9H2,1-3H3. The molecule has 4 heteroatoms. The third kappa shape index (κ3) is 2.63. The van der Waals surface area contributed by atoms with Gasteiger partial charge in [0.1, 0.15) is 5.82 Å². The Bertz CT molecular complexity index is 507. The van der Waals surface area contributed by atoms with E-state index < -0.39 is 0 Å². The van der Waals surface area contributed by atoms with Gasteiger partial charge >= 0.3 is 0 Å². The van der Waals surface area contributed by atoms with Gasteiger partial charge in [-0.3, -0.25) is 0 Å². The van der Waals surface area contributed by atoms with Gasteiger partial charge in [-0.25, -0.2) is 4.39 Å². The summed E-state index contributed by atoms with van der Waals surface area (Å²) in [5.74, 6) is -0.307. The minimum Gasteiger partial charge on any atom is -0.381 e. The van der Waals surface area contributed by atoms with Gasteiger partial charge in [-0.2, -0.15) is 5.26 Å². The lowest BCUT2D eigenvalue weighted by Crippen LogP contribution is -2.60. The molecule has 1 aromatic carbocycles. The zero-order valence-electron chi connectivity index (χ0n) is 11.5. The Hall–Kier alpha value is -1.44. The molecular formula is C15H19FN2O. The first kappa shape index (κ1) is 14.0. The van der Waals surface area contributed by atoms with Crippen LogP contribution in [0.25, 0.3) is 0 Å². The van der Waals surface area contributed by atoms with Gasteiger partial charge in [-0.05, 0) is 30.2 Å². The summed E-state index contributed by atoms with van der Waals surface area (Å²) in [4.78, 5) is 0. The van der Waals surface area contributed by atoms with Crippen LogP contribution in [0.5, 0.6) is 0 Å². The SMILES string of the molecule is COC1CC(NCc2cc(F)ccc2C#N)C1(C)C. The lowest BCUT2D eigenvalue weighted by molar-refractivity contribution is -0.0979. The number of methoxy groups -OCH3 is 1. The highest BCUT2D eigenvalue weighted by atomic mass is 19.1. The molecule has 0 amide bonds. The third-order valence-electron chi connectivity index (χ3n) is 4.19. The van der Waals surface area contributed by atoms with Crippen molar-refractivity contribution >= 4 is 0 Å². The van der Waals surface area contributed by atoms with Crippen LogP contribution in [-0.2, 0) is 11.3 Å². The van der Waals surface area contributed by atoms with Gasteiger partial charge in [0.25, 0.3) is 0 Å². The Kier molecular flexibility index (Phi) is 3.88. The minimum atomic E-state index is -0.307. The van der Waals surface area contributed by atoms with E-state index in [0.717, 1.165) is 6.42 Å². The molecule has 0 aromatic heterocycles. The zero-order chi connectivity index (χ0) is 14.0. The van der Waals surface area contributed by atoms with Gasteiger partial charge in [0, 0.05) is 25.1 Å². The molecule has 0 bridgehead atoms. The Morgan fingerprint density at radius 2 is 2.26 bits per heavy atom. The summed E-state index contributed by atoms with van der Waals surface area (Å²) in [6.45, 7) is 4.81. The first-order chi connectivity index (χ1) is 8.98. The van der Waals surface area contributed by atoms with Crippen LogP contribution in [0.1, 0.15) is 31.4 Å². The number of rotatable bonds is 4. The number of hydrogen-bond donors (Lipinski definition) is 1. The van der Waals surface area contributed by atoms with E-state index in [-0.39, 0.29) is 17.3 Å². The molecule has 1 aliphatic carbocycles. The number of nitrogens with one attached hydrogen (secondary N) is 1. The van der Waals surface area contributed by atoms with Crippen LogP contribution in [0.15, 0.2) is 18.2 Å². The van der Waals surface area contributed by atoms with Crippen molar-refractivity contribution in [2.75, 3.05) is 7.11 Å². The first-order valence-corrected chi connectivity index (χ1v) is 6.43. The molecule has 2 unspecified atom stereocenters. The maximum absolute atomic E-state index is 13.2. The lowest BCUT2D eigenvalue weighted by Gasteiger charge is -2.51. The molecule has 0 heterocycles. The van der Waals surface area contributed by atoms with Crippen LogP contribution in [0.2, 0.25) is 0 Å². The van der Waals surface area contributed by atoms with E-state index in [4.69, 9.17) is 10.00 Å². The predicted octanol–water partition coefficient (Wildman–Crippen LogP) is 2.60. The Balaban J connectivity index is 2.01. The fourth-order valence-electron chi connectivity index (χ4n) is 2.68. The maximum Gasteiger partial charge on any atom is 0.123 e. The predicted molar refractivity (Wildman–Crippen MR) is 70.9 cm³/mol. The molecule has 0 aliphatic heterocycles. The highest BCUT2D eigenvalue weighted by Crippen LogP contribution is 2.42. The summed E-state index contributed by atoms with van der Waals surface area (Å²) in [5.41, 5.74) is 1.29. The molecule has 1 fully saturated rings. The van der Waals surface area contributed by atoms with Crippen LogP contribution in [0.4, 0.5) is 4.39 Å². The fourth-order valence-corrected chi connectivity index (χ4v) is 2.68. The van der Waals surface area contributed by atoms with Gasteiger partial charge in [0.15, 0.2) is 0 Å². The summed E-state index contributed by atoms with van der Waals surface area (Å²) < 4.78 is 18.6. The molecule has 2 atom stereocenters. The second-order valence-electron chi connectivity index (χ2n) is 5.63. The monoisotopic (exact) mass is 262 g/mol. The molecule has 0 spiro atoms. The van der Waals surface area contributed by atoms with Crippen molar-refractivity contribution in [2.24, 2.45) is 5.41 Å². The van der Waals surface area contributed by atoms with Crippen LogP contribution in [0, 0.1) is 22.6 Å². The summed E-state index contributed by atoms with van der Waals surface area (Å²) in [5, 5.41) is 12.4. The largest absolute Gasteiger partial charge is 0.381 e. The molecule has 1 aliphatic rings. The molecule has 1 N–H and O–H groups in total. The number of ether oxygens (including phenoxy) is 1. The van der Waals surface area contributed by atoms with Gasteiger partial charge in [-0.1, -0.05) is 13.8 Å². The van der Waals surface area contributed by atoms with Crippen molar-refractivity contribution in [1.82, 2.24) is 5.32 Å². The smallest absolute Gasteiger partial charge is 0.123 e. The van der Waals surface area contributed by atoms with E-state index in [0.29, 0.717) is 23.7 Å². The summed E-state index contributed by atoms with van der Waals surface area (Å²) in [7, 11) is 1.73. The van der Waals surface area contributed by atoms with E-state index >= 15 is 0 Å². The second-order valence-corrected chi connectivity index (χ2v) is 5.63. The van der Waals surface area contributed by atoms with E-state index in [1.165, 1.54) is 18.2 Å². The highest BCUT2D eigenvalue weighted by Gasteiger charge is 2.48. The highest BCUT2D eigenvalue weighted by molar-refractivity contribution is 5.37. The number of benzene rings is 1. The molecule has 19 heavy (non-hydrogen) atoms. The van der Waals surface area contributed by atoms with Crippen LogP contribution >= 0.6 is 0 Å². The average molecular weight is 262 g/mol. The molecule has 1 aromatic rings. The van der Waals surface area contributed by atoms with Gasteiger partial charge in [0.05, 0.1) is 17.7 Å². The van der Waals surface area contributed by atoms with Gasteiger partial charge < -0.3 is 10.1 Å². The van der Waals surface area contributed by atoms with E-state index in [2.05, 4.69) is 25.2 Å². The van der Waals surface area contributed by atoms with Crippen molar-refractivity contribution in [3.63, 3.8) is 0 Å². The Labute approximate surface area is 113 Å². The number of nitriles is 1. The summed E-state index contributed by atoms with van der Waals surface area (Å²) in [6, 6.07) is 6.68. The molecule has 0 saturated heterocycles. The van der Waals surface area contributed by atoms with Crippen molar-refractivity contribution in [2.45, 2.75) is 39.0 Å². The molecule has 3 nitrogen and oxygen atoms in total. The van der Waals surface area contributed by atoms with E-state index in [1.807, 2.05) is 0 Å². The molecule has 102 valence electrons. The molecular weight excluding hydrogens is 243 g/mol. The van der Waals surface area contributed by atoms with Gasteiger partial charge in [0.2, 0.25) is 0 Å². The van der Waals surface area contributed by atoms with Crippen molar-refractivity contribution in [1.29, 1.82) is 5.26 Å². The summed E-state index contributed by atoms with van der Waals surface area (Å²) in [6.07, 6.45) is 1.20. The maximum atomic E-state index is 13.2. The third-order valence-corrected chi connectivity index (χ3v) is 4.19. The topological polar surface area (TPSA) is 45.0 Å². The van der Waals surface area contributed by atoms with Crippen LogP contribution in [-0.4, -0.2) is 19.3 Å². The van der Waals surface area contributed by atoms with Crippen LogP contribution in [0.3, 0.4) is 0 Å². The summed E-state index contributed by atoms with van der Waals surface area (Å²) >= 11 is 0. The second kappa shape index (κ2) is 5.28. The Morgan fingerprint density at radius 3 is 2.84 bits per heavy atom. The molecule has 0 radical (unpaired) electrons.